The van der Waals surface area contributed by atoms with Crippen LogP contribution in [-0.4, -0.2) is 29.2 Å². The number of imide groups is 1. The van der Waals surface area contributed by atoms with Gasteiger partial charge in [0, 0.05) is 10.2 Å². The van der Waals surface area contributed by atoms with Crippen LogP contribution in [0, 0.1) is 42.4 Å². The van der Waals surface area contributed by atoms with Crippen LogP contribution in [0.25, 0.3) is 0 Å². The van der Waals surface area contributed by atoms with Crippen LogP contribution in [0.15, 0.2) is 34.8 Å². The Morgan fingerprint density at radius 3 is 2.35 bits per heavy atom. The number of hydrogen-bond donors (Lipinski definition) is 1. The molecule has 1 N–H and O–H groups in total. The van der Waals surface area contributed by atoms with E-state index in [0.29, 0.717) is 17.5 Å². The lowest BCUT2D eigenvalue weighted by atomic mass is 9.63. The van der Waals surface area contributed by atoms with Crippen molar-refractivity contribution < 1.29 is 14.4 Å². The fourth-order valence-electron chi connectivity index (χ4n) is 5.28. The smallest absolute Gasteiger partial charge is 0.244 e. The first kappa shape index (κ1) is 16.2. The van der Waals surface area contributed by atoms with Crippen LogP contribution in [0.4, 0.5) is 5.69 Å². The molecule has 6 heteroatoms. The van der Waals surface area contributed by atoms with Gasteiger partial charge in [-0.25, -0.2) is 0 Å². The van der Waals surface area contributed by atoms with Gasteiger partial charge in [0.15, 0.2) is 0 Å². The number of aryl methyl sites for hydroxylation is 1. The van der Waals surface area contributed by atoms with E-state index in [4.69, 9.17) is 0 Å². The van der Waals surface area contributed by atoms with Crippen molar-refractivity contribution in [2.75, 3.05) is 11.9 Å². The molecule has 2 saturated carbocycles. The molecule has 6 rings (SSSR count). The van der Waals surface area contributed by atoms with Gasteiger partial charge >= 0.3 is 0 Å². The molecule has 2 bridgehead atoms. The molecule has 3 amide bonds. The quantitative estimate of drug-likeness (QED) is 0.610. The highest BCUT2D eigenvalue weighted by Crippen LogP contribution is 2.65. The van der Waals surface area contributed by atoms with Crippen LogP contribution >= 0.6 is 15.9 Å². The Morgan fingerprint density at radius 1 is 1.15 bits per heavy atom. The van der Waals surface area contributed by atoms with Gasteiger partial charge in [0.25, 0.3) is 0 Å². The number of carbonyl (C=O) groups excluding carboxylic acids is 3. The third-order valence-corrected chi connectivity index (χ3v) is 7.01. The van der Waals surface area contributed by atoms with Crippen LogP contribution in [0.3, 0.4) is 0 Å². The molecule has 6 atom stereocenters. The summed E-state index contributed by atoms with van der Waals surface area (Å²) in [6, 6.07) is 5.56. The lowest BCUT2D eigenvalue weighted by Crippen LogP contribution is -2.40. The summed E-state index contributed by atoms with van der Waals surface area (Å²) in [6.45, 7) is 1.70. The Morgan fingerprint density at radius 2 is 1.77 bits per heavy atom. The Hall–Kier alpha value is -1.95. The van der Waals surface area contributed by atoms with Gasteiger partial charge in [-0.05, 0) is 60.8 Å². The summed E-state index contributed by atoms with van der Waals surface area (Å²) in [4.78, 5) is 39.4. The van der Waals surface area contributed by atoms with E-state index in [1.54, 1.807) is 0 Å². The summed E-state index contributed by atoms with van der Waals surface area (Å²) in [5, 5.41) is 2.82. The average molecular weight is 415 g/mol. The molecule has 1 aromatic carbocycles. The summed E-state index contributed by atoms with van der Waals surface area (Å²) in [5.41, 5.74) is 1.61. The minimum Gasteiger partial charge on any atom is -0.324 e. The molecule has 0 spiro atoms. The monoisotopic (exact) mass is 414 g/mol. The standard InChI is InChI=1S/C20H19BrN2O3/c1-9-6-10(21)2-5-15(9)22-16(24)8-23-19(25)17-11-3-4-12(14-7-13(11)14)18(17)20(23)26/h2-6,11-14,17-18H,7-8H2,1H3,(H,22,24)/t11-,12+,13-,14-,17+,18-/m1/s1. The number of benzene rings is 1. The maximum Gasteiger partial charge on any atom is 0.244 e. The SMILES string of the molecule is Cc1cc(Br)ccc1NC(=O)CN1C(=O)[C@@H]2[C@H]3C=C[C@H]([C@H]4C[C@H]34)[C@@H]2C1=O. The van der Waals surface area contributed by atoms with Gasteiger partial charge in [0.05, 0.1) is 11.8 Å². The topological polar surface area (TPSA) is 66.5 Å². The van der Waals surface area contributed by atoms with Crippen LogP contribution in [-0.2, 0) is 14.4 Å². The first-order valence-electron chi connectivity index (χ1n) is 9.05. The highest BCUT2D eigenvalue weighted by molar-refractivity contribution is 9.10. The molecule has 1 heterocycles. The van der Waals surface area contributed by atoms with Crippen molar-refractivity contribution in [2.45, 2.75) is 13.3 Å². The predicted octanol–water partition coefficient (Wildman–Crippen LogP) is 2.75. The van der Waals surface area contributed by atoms with Gasteiger partial charge in [-0.2, -0.15) is 0 Å². The van der Waals surface area contributed by atoms with E-state index in [0.717, 1.165) is 16.5 Å². The van der Waals surface area contributed by atoms with Crippen molar-refractivity contribution in [3.63, 3.8) is 0 Å². The van der Waals surface area contributed by atoms with Crippen molar-refractivity contribution >= 4 is 39.3 Å². The Labute approximate surface area is 159 Å². The van der Waals surface area contributed by atoms with Crippen LogP contribution in [0.5, 0.6) is 0 Å². The van der Waals surface area contributed by atoms with E-state index in [1.165, 1.54) is 4.90 Å². The summed E-state index contributed by atoms with van der Waals surface area (Å²) < 4.78 is 0.934. The minimum absolute atomic E-state index is 0.160. The number of nitrogens with zero attached hydrogens (tertiary/aromatic N) is 1. The number of amides is 3. The number of carbonyl (C=O) groups is 3. The highest BCUT2D eigenvalue weighted by atomic mass is 79.9. The molecular formula is C20H19BrN2O3. The summed E-state index contributed by atoms with van der Waals surface area (Å²) >= 11 is 3.39. The second kappa shape index (κ2) is 5.52. The zero-order valence-corrected chi connectivity index (χ0v) is 15.9. The van der Waals surface area contributed by atoms with E-state index in [-0.39, 0.29) is 47.9 Å². The number of nitrogens with one attached hydrogen (secondary N) is 1. The van der Waals surface area contributed by atoms with Crippen LogP contribution in [0.2, 0.25) is 0 Å². The summed E-state index contributed by atoms with van der Waals surface area (Å²) in [6.07, 6.45) is 5.42. The lowest BCUT2D eigenvalue weighted by Gasteiger charge is -2.37. The second-order valence-corrected chi connectivity index (χ2v) is 8.84. The number of hydrogen-bond acceptors (Lipinski definition) is 3. The largest absolute Gasteiger partial charge is 0.324 e. The van der Waals surface area contributed by atoms with Crippen molar-refractivity contribution in [3.8, 4) is 0 Å². The lowest BCUT2D eigenvalue weighted by molar-refractivity contribution is -0.142. The number of halogens is 1. The zero-order chi connectivity index (χ0) is 18.2. The van der Waals surface area contributed by atoms with E-state index in [1.807, 2.05) is 25.1 Å². The first-order valence-corrected chi connectivity index (χ1v) is 9.84. The van der Waals surface area contributed by atoms with Gasteiger partial charge < -0.3 is 5.32 Å². The highest BCUT2D eigenvalue weighted by Gasteiger charge is 2.67. The van der Waals surface area contributed by atoms with Crippen molar-refractivity contribution in [1.29, 1.82) is 0 Å². The summed E-state index contributed by atoms with van der Waals surface area (Å²) in [5.74, 6) is 0.374. The Balaban J connectivity index is 1.33. The molecule has 1 aliphatic heterocycles. The van der Waals surface area contributed by atoms with E-state index >= 15 is 0 Å². The molecule has 4 aliphatic carbocycles. The summed E-state index contributed by atoms with van der Waals surface area (Å²) in [7, 11) is 0. The van der Waals surface area contributed by atoms with E-state index in [2.05, 4.69) is 33.4 Å². The Kier molecular flexibility index (Phi) is 3.45. The number of anilines is 1. The predicted molar refractivity (Wildman–Crippen MR) is 98.9 cm³/mol. The molecule has 134 valence electrons. The average Bonchev–Trinajstić information content (AvgIpc) is 3.39. The molecule has 26 heavy (non-hydrogen) atoms. The molecule has 3 fully saturated rings. The van der Waals surface area contributed by atoms with Crippen LogP contribution < -0.4 is 5.32 Å². The van der Waals surface area contributed by atoms with Gasteiger partial charge in [0.2, 0.25) is 17.7 Å². The first-order chi connectivity index (χ1) is 12.5. The molecule has 1 aromatic rings. The zero-order valence-electron chi connectivity index (χ0n) is 14.3. The van der Waals surface area contributed by atoms with Gasteiger partial charge in [-0.1, -0.05) is 28.1 Å². The fourth-order valence-corrected chi connectivity index (χ4v) is 5.75. The molecule has 5 nitrogen and oxygen atoms in total. The van der Waals surface area contributed by atoms with E-state index < -0.39 is 0 Å². The maximum atomic E-state index is 12.9. The van der Waals surface area contributed by atoms with Crippen molar-refractivity contribution in [1.82, 2.24) is 4.90 Å². The molecular weight excluding hydrogens is 396 g/mol. The third-order valence-electron chi connectivity index (χ3n) is 6.52. The van der Waals surface area contributed by atoms with E-state index in [9.17, 15) is 14.4 Å². The normalized spacial score (nSPS) is 36.2. The second-order valence-electron chi connectivity index (χ2n) is 7.92. The molecule has 1 saturated heterocycles. The number of allylic oxidation sites excluding steroid dienone is 2. The Bertz CT molecular complexity index is 844. The van der Waals surface area contributed by atoms with Gasteiger partial charge in [-0.3, -0.25) is 19.3 Å². The van der Waals surface area contributed by atoms with Gasteiger partial charge in [-0.15, -0.1) is 0 Å². The molecule has 5 aliphatic rings. The van der Waals surface area contributed by atoms with Crippen LogP contribution in [0.1, 0.15) is 12.0 Å². The van der Waals surface area contributed by atoms with Crippen molar-refractivity contribution in [2.24, 2.45) is 35.5 Å². The maximum absolute atomic E-state index is 12.9. The van der Waals surface area contributed by atoms with Crippen molar-refractivity contribution in [3.05, 3.63) is 40.4 Å². The number of rotatable bonds is 3. The third kappa shape index (κ3) is 2.24. The van der Waals surface area contributed by atoms with Gasteiger partial charge in [0.1, 0.15) is 6.54 Å². The minimum atomic E-state index is -0.332. The fraction of sp³-hybridized carbons (Fsp3) is 0.450. The number of likely N-dealkylation sites (tertiary alicyclic amines) is 1. The molecule has 0 aromatic heterocycles. The molecule has 0 radical (unpaired) electrons. The molecule has 0 unspecified atom stereocenters.